The molecule has 0 fully saturated rings. The summed E-state index contributed by atoms with van der Waals surface area (Å²) in [5, 5.41) is 8.57. The molecule has 6 nitrogen and oxygen atoms in total. The Bertz CT molecular complexity index is 1190. The molecule has 0 radical (unpaired) electrons. The topological polar surface area (TPSA) is 60.0 Å². The molecule has 2 aromatic carbocycles. The average Bonchev–Trinajstić information content (AvgIpc) is 3.31. The van der Waals surface area contributed by atoms with Crippen LogP contribution in [0.5, 0.6) is 0 Å². The maximum atomic E-state index is 5.08. The molecule has 0 spiro atoms. The molecule has 0 amide bonds. The van der Waals surface area contributed by atoms with Gasteiger partial charge in [-0.2, -0.15) is 10.1 Å². The Balaban J connectivity index is 1.47. The molecule has 0 aliphatic heterocycles. The van der Waals surface area contributed by atoms with Crippen LogP contribution in [0, 0.1) is 20.8 Å². The second-order valence-electron chi connectivity index (χ2n) is 8.68. The molecule has 0 unspecified atom stereocenters. The van der Waals surface area contributed by atoms with E-state index in [0.29, 0.717) is 17.8 Å². The van der Waals surface area contributed by atoms with Gasteiger partial charge in [-0.3, -0.25) is 9.58 Å². The van der Waals surface area contributed by atoms with Crippen molar-refractivity contribution in [2.75, 3.05) is 0 Å². The van der Waals surface area contributed by atoms with Crippen LogP contribution in [-0.4, -0.2) is 30.9 Å². The van der Waals surface area contributed by atoms with E-state index in [1.165, 1.54) is 27.9 Å². The van der Waals surface area contributed by atoms with Gasteiger partial charge in [0.25, 0.3) is 0 Å². The Morgan fingerprint density at radius 1 is 0.875 bits per heavy atom. The quantitative estimate of drug-likeness (QED) is 0.390. The van der Waals surface area contributed by atoms with Crippen LogP contribution < -0.4 is 0 Å². The summed E-state index contributed by atoms with van der Waals surface area (Å²) in [6, 6.07) is 17.6. The molecule has 0 aliphatic rings. The highest BCUT2D eigenvalue weighted by Crippen LogP contribution is 2.25. The molecule has 0 saturated heterocycles. The zero-order valence-corrected chi connectivity index (χ0v) is 19.8. The van der Waals surface area contributed by atoms with E-state index >= 15 is 0 Å². The number of hydrogen-bond donors (Lipinski definition) is 0. The molecule has 2 aromatic heterocycles. The zero-order valence-electron chi connectivity index (χ0n) is 19.8. The third-order valence-corrected chi connectivity index (χ3v) is 6.09. The number of benzene rings is 2. The summed E-state index contributed by atoms with van der Waals surface area (Å²) in [5.41, 5.74) is 8.31. The van der Waals surface area contributed by atoms with Crippen molar-refractivity contribution in [2.24, 2.45) is 7.05 Å². The van der Waals surface area contributed by atoms with Crippen molar-refractivity contribution < 1.29 is 4.52 Å². The summed E-state index contributed by atoms with van der Waals surface area (Å²) >= 11 is 0. The Kier molecular flexibility index (Phi) is 6.24. The van der Waals surface area contributed by atoms with E-state index in [9.17, 15) is 0 Å². The third kappa shape index (κ3) is 4.65. The zero-order chi connectivity index (χ0) is 22.8. The first-order valence-electron chi connectivity index (χ1n) is 11.0. The Morgan fingerprint density at radius 3 is 1.97 bits per heavy atom. The van der Waals surface area contributed by atoms with E-state index in [2.05, 4.69) is 84.2 Å². The van der Waals surface area contributed by atoms with Crippen LogP contribution in [0.4, 0.5) is 0 Å². The van der Waals surface area contributed by atoms with E-state index in [1.807, 2.05) is 23.9 Å². The normalized spacial score (nSPS) is 11.6. The minimum atomic E-state index is 0.440. The SMILES string of the molecule is Cc1nc(-c2ccc(-c3ccc(CN(Cc4c(C)nn(C)c4C)C(C)C)cc3)cc2)no1. The fourth-order valence-corrected chi connectivity index (χ4v) is 3.94. The number of hydrogen-bond acceptors (Lipinski definition) is 5. The molecule has 0 N–H and O–H groups in total. The van der Waals surface area contributed by atoms with Gasteiger partial charge in [0.05, 0.1) is 5.69 Å². The molecule has 0 saturated carbocycles. The Labute approximate surface area is 189 Å². The van der Waals surface area contributed by atoms with Gasteiger partial charge in [0.15, 0.2) is 0 Å². The van der Waals surface area contributed by atoms with Crippen molar-refractivity contribution in [1.29, 1.82) is 0 Å². The molecule has 4 rings (SSSR count). The van der Waals surface area contributed by atoms with Crippen molar-refractivity contribution in [3.8, 4) is 22.5 Å². The van der Waals surface area contributed by atoms with Gasteiger partial charge in [0.1, 0.15) is 0 Å². The lowest BCUT2D eigenvalue weighted by Gasteiger charge is -2.27. The standard InChI is InChI=1S/C26H31N5O/c1-17(2)31(16-25-18(3)28-30(6)19(25)4)15-21-7-9-22(10-8-21)23-11-13-24(14-12-23)26-27-20(5)32-29-26/h7-14,17H,15-16H2,1-6H3. The lowest BCUT2D eigenvalue weighted by atomic mass is 10.0. The van der Waals surface area contributed by atoms with Crippen molar-refractivity contribution in [3.05, 3.63) is 76.9 Å². The molecular formula is C26H31N5O. The van der Waals surface area contributed by atoms with Crippen LogP contribution in [-0.2, 0) is 20.1 Å². The second-order valence-corrected chi connectivity index (χ2v) is 8.68. The van der Waals surface area contributed by atoms with Gasteiger partial charge in [0, 0.05) is 49.9 Å². The van der Waals surface area contributed by atoms with Crippen LogP contribution in [0.2, 0.25) is 0 Å². The molecule has 166 valence electrons. The highest BCUT2D eigenvalue weighted by molar-refractivity contribution is 5.67. The van der Waals surface area contributed by atoms with Gasteiger partial charge in [0.2, 0.25) is 11.7 Å². The van der Waals surface area contributed by atoms with E-state index < -0.39 is 0 Å². The predicted octanol–water partition coefficient (Wildman–Crippen LogP) is 5.47. The maximum Gasteiger partial charge on any atom is 0.223 e. The van der Waals surface area contributed by atoms with Gasteiger partial charge < -0.3 is 4.52 Å². The summed E-state index contributed by atoms with van der Waals surface area (Å²) in [6.45, 7) is 12.4. The number of nitrogens with zero attached hydrogens (tertiary/aromatic N) is 5. The predicted molar refractivity (Wildman–Crippen MR) is 127 cm³/mol. The Hall–Kier alpha value is -3.25. The van der Waals surface area contributed by atoms with E-state index in [-0.39, 0.29) is 0 Å². The van der Waals surface area contributed by atoms with Gasteiger partial charge in [-0.15, -0.1) is 0 Å². The molecule has 4 aromatic rings. The van der Waals surface area contributed by atoms with E-state index in [4.69, 9.17) is 4.52 Å². The van der Waals surface area contributed by atoms with Crippen LogP contribution >= 0.6 is 0 Å². The van der Waals surface area contributed by atoms with Gasteiger partial charge in [-0.1, -0.05) is 53.7 Å². The molecular weight excluding hydrogens is 398 g/mol. The summed E-state index contributed by atoms with van der Waals surface area (Å²) in [5.74, 6) is 1.20. The molecule has 0 aliphatic carbocycles. The lowest BCUT2D eigenvalue weighted by Crippen LogP contribution is -2.30. The fourth-order valence-electron chi connectivity index (χ4n) is 3.94. The lowest BCUT2D eigenvalue weighted by molar-refractivity contribution is 0.203. The van der Waals surface area contributed by atoms with E-state index in [1.54, 1.807) is 6.92 Å². The first-order valence-corrected chi connectivity index (χ1v) is 11.0. The number of rotatable bonds is 7. The first kappa shape index (κ1) is 22.0. The smallest absolute Gasteiger partial charge is 0.223 e. The van der Waals surface area contributed by atoms with Crippen molar-refractivity contribution >= 4 is 0 Å². The highest BCUT2D eigenvalue weighted by Gasteiger charge is 2.17. The number of aromatic nitrogens is 4. The number of aryl methyl sites for hydroxylation is 3. The van der Waals surface area contributed by atoms with Crippen molar-refractivity contribution in [2.45, 2.75) is 53.8 Å². The van der Waals surface area contributed by atoms with Crippen molar-refractivity contribution in [1.82, 2.24) is 24.8 Å². The minimum Gasteiger partial charge on any atom is -0.339 e. The average molecular weight is 430 g/mol. The van der Waals surface area contributed by atoms with Crippen molar-refractivity contribution in [3.63, 3.8) is 0 Å². The minimum absolute atomic E-state index is 0.440. The third-order valence-electron chi connectivity index (χ3n) is 6.09. The van der Waals surface area contributed by atoms with Crippen LogP contribution in [0.25, 0.3) is 22.5 Å². The molecule has 2 heterocycles. The summed E-state index contributed by atoms with van der Waals surface area (Å²) in [7, 11) is 2.01. The van der Waals surface area contributed by atoms with Gasteiger partial charge >= 0.3 is 0 Å². The van der Waals surface area contributed by atoms with Crippen LogP contribution in [0.3, 0.4) is 0 Å². The monoisotopic (exact) mass is 429 g/mol. The summed E-state index contributed by atoms with van der Waals surface area (Å²) < 4.78 is 7.05. The van der Waals surface area contributed by atoms with E-state index in [0.717, 1.165) is 24.3 Å². The van der Waals surface area contributed by atoms with Gasteiger partial charge in [-0.25, -0.2) is 0 Å². The maximum absolute atomic E-state index is 5.08. The molecule has 0 bridgehead atoms. The second kappa shape index (κ2) is 9.09. The molecule has 6 heteroatoms. The molecule has 32 heavy (non-hydrogen) atoms. The Morgan fingerprint density at radius 2 is 1.47 bits per heavy atom. The van der Waals surface area contributed by atoms with Crippen LogP contribution in [0.1, 0.15) is 42.3 Å². The highest BCUT2D eigenvalue weighted by atomic mass is 16.5. The summed E-state index contributed by atoms with van der Waals surface area (Å²) in [6.07, 6.45) is 0. The first-order chi connectivity index (χ1) is 15.3. The molecule has 0 atom stereocenters. The van der Waals surface area contributed by atoms with Gasteiger partial charge in [-0.05, 0) is 44.4 Å². The summed E-state index contributed by atoms with van der Waals surface area (Å²) in [4.78, 5) is 6.78. The fraction of sp³-hybridized carbons (Fsp3) is 0.346. The van der Waals surface area contributed by atoms with Crippen LogP contribution in [0.15, 0.2) is 53.1 Å². The largest absolute Gasteiger partial charge is 0.339 e.